The van der Waals surface area contributed by atoms with Crippen LogP contribution in [0.2, 0.25) is 0 Å². The molecule has 2 aromatic carbocycles. The number of hydrogen-bond acceptors (Lipinski definition) is 6. The lowest BCUT2D eigenvalue weighted by molar-refractivity contribution is -0.113. The number of carbonyl (C=O) groups is 1. The Morgan fingerprint density at radius 3 is 2.35 bits per heavy atom. The van der Waals surface area contributed by atoms with Crippen LogP contribution in [0, 0.1) is 0 Å². The van der Waals surface area contributed by atoms with E-state index in [9.17, 15) is 4.79 Å². The number of hydrogen-bond donors (Lipinski definition) is 1. The normalized spacial score (nSPS) is 15.1. The average molecular weight is 373 g/mol. The first-order valence-electron chi connectivity index (χ1n) is 8.50. The van der Waals surface area contributed by atoms with Gasteiger partial charge in [-0.2, -0.15) is 0 Å². The molecule has 0 spiro atoms. The van der Waals surface area contributed by atoms with Crippen molar-refractivity contribution in [3.05, 3.63) is 36.4 Å². The molecule has 2 aromatic rings. The third kappa shape index (κ3) is 3.99. The maximum Gasteiger partial charge on any atom is 0.234 e. The van der Waals surface area contributed by atoms with Gasteiger partial charge in [-0.1, -0.05) is 0 Å². The van der Waals surface area contributed by atoms with E-state index < -0.39 is 0 Å². The van der Waals surface area contributed by atoms with Crippen molar-refractivity contribution >= 4 is 23.4 Å². The van der Waals surface area contributed by atoms with Gasteiger partial charge in [0.25, 0.3) is 0 Å². The van der Waals surface area contributed by atoms with E-state index in [-0.39, 0.29) is 5.91 Å². The number of ether oxygens (including phenoxy) is 4. The SMILES string of the molecule is O=C(CSc1ccc2c(c1)OCCCO2)Nc1ccc2c(c1)OCCO2. The zero-order chi connectivity index (χ0) is 17.8. The van der Waals surface area contributed by atoms with Gasteiger partial charge < -0.3 is 24.3 Å². The maximum atomic E-state index is 12.2. The Morgan fingerprint density at radius 1 is 0.846 bits per heavy atom. The zero-order valence-electron chi connectivity index (χ0n) is 14.2. The van der Waals surface area contributed by atoms with Gasteiger partial charge in [0.2, 0.25) is 5.91 Å². The van der Waals surface area contributed by atoms with E-state index in [2.05, 4.69) is 5.32 Å². The smallest absolute Gasteiger partial charge is 0.234 e. The molecule has 0 aliphatic carbocycles. The Morgan fingerprint density at radius 2 is 1.50 bits per heavy atom. The monoisotopic (exact) mass is 373 g/mol. The van der Waals surface area contributed by atoms with Crippen LogP contribution in [-0.2, 0) is 4.79 Å². The summed E-state index contributed by atoms with van der Waals surface area (Å²) < 4.78 is 22.3. The number of carbonyl (C=O) groups excluding carboxylic acids is 1. The van der Waals surface area contributed by atoms with E-state index >= 15 is 0 Å². The average Bonchev–Trinajstić information content (AvgIpc) is 2.91. The number of rotatable bonds is 4. The summed E-state index contributed by atoms with van der Waals surface area (Å²) in [5.41, 5.74) is 0.693. The lowest BCUT2D eigenvalue weighted by Crippen LogP contribution is -2.17. The van der Waals surface area contributed by atoms with Crippen LogP contribution in [0.4, 0.5) is 5.69 Å². The molecule has 0 unspecified atom stereocenters. The second-order valence-electron chi connectivity index (χ2n) is 5.85. The Bertz CT molecular complexity index is 811. The van der Waals surface area contributed by atoms with Gasteiger partial charge in [0.05, 0.1) is 19.0 Å². The Labute approximate surface area is 155 Å². The number of amides is 1. The van der Waals surface area contributed by atoms with E-state index in [4.69, 9.17) is 18.9 Å². The van der Waals surface area contributed by atoms with Crippen LogP contribution in [-0.4, -0.2) is 38.1 Å². The van der Waals surface area contributed by atoms with Crippen molar-refractivity contribution in [1.29, 1.82) is 0 Å². The second-order valence-corrected chi connectivity index (χ2v) is 6.90. The van der Waals surface area contributed by atoms with Crippen molar-refractivity contribution in [2.45, 2.75) is 11.3 Å². The van der Waals surface area contributed by atoms with Gasteiger partial charge in [-0.05, 0) is 30.3 Å². The molecular weight excluding hydrogens is 354 g/mol. The van der Waals surface area contributed by atoms with Gasteiger partial charge in [-0.3, -0.25) is 4.79 Å². The van der Waals surface area contributed by atoms with Crippen molar-refractivity contribution < 1.29 is 23.7 Å². The van der Waals surface area contributed by atoms with Crippen LogP contribution in [0.25, 0.3) is 0 Å². The number of thioether (sulfide) groups is 1. The summed E-state index contributed by atoms with van der Waals surface area (Å²) in [6.07, 6.45) is 0.870. The molecule has 0 bridgehead atoms. The first-order valence-corrected chi connectivity index (χ1v) is 9.48. The summed E-state index contributed by atoms with van der Waals surface area (Å²) >= 11 is 1.45. The quantitative estimate of drug-likeness (QED) is 0.829. The minimum Gasteiger partial charge on any atom is -0.490 e. The van der Waals surface area contributed by atoms with Crippen LogP contribution >= 0.6 is 11.8 Å². The largest absolute Gasteiger partial charge is 0.490 e. The molecule has 4 rings (SSSR count). The Kier molecular flexibility index (Phi) is 5.06. The maximum absolute atomic E-state index is 12.2. The third-order valence-corrected chi connectivity index (χ3v) is 4.91. The minimum atomic E-state index is -0.0845. The van der Waals surface area contributed by atoms with E-state index in [0.29, 0.717) is 49.4 Å². The second kappa shape index (κ2) is 7.78. The van der Waals surface area contributed by atoms with Crippen LogP contribution in [0.5, 0.6) is 23.0 Å². The summed E-state index contributed by atoms with van der Waals surface area (Å²) in [7, 11) is 0. The van der Waals surface area contributed by atoms with Gasteiger partial charge in [0.15, 0.2) is 23.0 Å². The van der Waals surface area contributed by atoms with E-state index in [1.54, 1.807) is 12.1 Å². The number of fused-ring (bicyclic) bond motifs is 2. The molecule has 136 valence electrons. The van der Waals surface area contributed by atoms with Crippen LogP contribution < -0.4 is 24.3 Å². The standard InChI is InChI=1S/C19H19NO5S/c21-19(20-13-2-4-15-17(10-13)25-9-8-24-15)12-26-14-3-5-16-18(11-14)23-7-1-6-22-16/h2-5,10-11H,1,6-9,12H2,(H,20,21). The van der Waals surface area contributed by atoms with Crippen molar-refractivity contribution in [3.63, 3.8) is 0 Å². The van der Waals surface area contributed by atoms with Gasteiger partial charge in [-0.25, -0.2) is 0 Å². The van der Waals surface area contributed by atoms with E-state index in [1.807, 2.05) is 24.3 Å². The van der Waals surface area contributed by atoms with Crippen LogP contribution in [0.1, 0.15) is 6.42 Å². The Hall–Kier alpha value is -2.54. The molecule has 6 nitrogen and oxygen atoms in total. The summed E-state index contributed by atoms with van der Waals surface area (Å²) in [5.74, 6) is 3.07. The fourth-order valence-electron chi connectivity index (χ4n) is 2.70. The van der Waals surface area contributed by atoms with Crippen LogP contribution in [0.3, 0.4) is 0 Å². The highest BCUT2D eigenvalue weighted by Crippen LogP contribution is 2.34. The lowest BCUT2D eigenvalue weighted by Gasteiger charge is -2.19. The molecule has 2 aliphatic heterocycles. The van der Waals surface area contributed by atoms with Crippen LogP contribution in [0.15, 0.2) is 41.3 Å². The highest BCUT2D eigenvalue weighted by Gasteiger charge is 2.14. The summed E-state index contributed by atoms with van der Waals surface area (Å²) in [6, 6.07) is 11.1. The molecule has 0 saturated heterocycles. The summed E-state index contributed by atoms with van der Waals surface area (Å²) in [4.78, 5) is 13.2. The molecule has 0 saturated carbocycles. The van der Waals surface area contributed by atoms with Gasteiger partial charge in [0, 0.05) is 23.1 Å². The third-order valence-electron chi connectivity index (χ3n) is 3.91. The predicted molar refractivity (Wildman–Crippen MR) is 98.8 cm³/mol. The highest BCUT2D eigenvalue weighted by molar-refractivity contribution is 8.00. The fourth-order valence-corrected chi connectivity index (χ4v) is 3.43. The topological polar surface area (TPSA) is 66.0 Å². The molecule has 1 amide bonds. The van der Waals surface area contributed by atoms with E-state index in [0.717, 1.165) is 22.8 Å². The first kappa shape index (κ1) is 16.9. The molecular formula is C19H19NO5S. The molecule has 0 radical (unpaired) electrons. The zero-order valence-corrected chi connectivity index (χ0v) is 15.0. The fraction of sp³-hybridized carbons (Fsp3) is 0.316. The predicted octanol–water partition coefficient (Wildman–Crippen LogP) is 3.35. The summed E-state index contributed by atoms with van der Waals surface area (Å²) in [6.45, 7) is 2.37. The summed E-state index contributed by atoms with van der Waals surface area (Å²) in [5, 5.41) is 2.88. The molecule has 26 heavy (non-hydrogen) atoms. The number of benzene rings is 2. The Balaban J connectivity index is 1.35. The lowest BCUT2D eigenvalue weighted by atomic mass is 10.2. The first-order chi connectivity index (χ1) is 12.8. The number of nitrogens with one attached hydrogen (secondary N) is 1. The number of anilines is 1. The molecule has 0 fully saturated rings. The molecule has 1 N–H and O–H groups in total. The van der Waals surface area contributed by atoms with Crippen molar-refractivity contribution in [1.82, 2.24) is 0 Å². The molecule has 0 aromatic heterocycles. The highest BCUT2D eigenvalue weighted by atomic mass is 32.2. The molecule has 0 atom stereocenters. The van der Waals surface area contributed by atoms with Gasteiger partial charge in [0.1, 0.15) is 13.2 Å². The van der Waals surface area contributed by atoms with Crippen molar-refractivity contribution in [2.75, 3.05) is 37.5 Å². The van der Waals surface area contributed by atoms with E-state index in [1.165, 1.54) is 11.8 Å². The molecule has 2 heterocycles. The molecule has 2 aliphatic rings. The minimum absolute atomic E-state index is 0.0845. The van der Waals surface area contributed by atoms with Gasteiger partial charge in [-0.15, -0.1) is 11.8 Å². The van der Waals surface area contributed by atoms with Gasteiger partial charge >= 0.3 is 0 Å². The molecule has 7 heteroatoms. The van der Waals surface area contributed by atoms with Crippen molar-refractivity contribution in [3.8, 4) is 23.0 Å². The van der Waals surface area contributed by atoms with Crippen molar-refractivity contribution in [2.24, 2.45) is 0 Å².